The van der Waals surface area contributed by atoms with Crippen LogP contribution in [0.2, 0.25) is 5.02 Å². The number of halogens is 1. The number of carbonyl (C=O) groups is 2. The van der Waals surface area contributed by atoms with Gasteiger partial charge in [0.1, 0.15) is 5.75 Å². The number of likely N-dealkylation sites (tertiary alicyclic amines) is 1. The van der Waals surface area contributed by atoms with Crippen molar-refractivity contribution in [2.75, 3.05) is 20.2 Å². The van der Waals surface area contributed by atoms with Gasteiger partial charge in [-0.15, -0.1) is 0 Å². The van der Waals surface area contributed by atoms with E-state index >= 15 is 0 Å². The number of hydrogen-bond donors (Lipinski definition) is 1. The van der Waals surface area contributed by atoms with Crippen LogP contribution in [-0.2, 0) is 4.79 Å². The molecule has 1 aliphatic heterocycles. The van der Waals surface area contributed by atoms with E-state index in [0.717, 1.165) is 11.1 Å². The number of ether oxygens (including phenoxy) is 1. The average molecular weight is 464 g/mol. The first-order chi connectivity index (χ1) is 16.1. The Bertz CT molecular complexity index is 1060. The first-order valence-electron chi connectivity index (χ1n) is 10.9. The predicted molar refractivity (Wildman–Crippen MR) is 127 cm³/mol. The van der Waals surface area contributed by atoms with E-state index in [9.17, 15) is 9.59 Å². The summed E-state index contributed by atoms with van der Waals surface area (Å²) < 4.78 is 5.32. The standard InChI is InChI=1S/C26H26ClN3O3/c1-33-23-8-7-21(27)17-22(23)26(32)30-15-11-20(12-16-30)25(31)29-24(18-5-3-2-4-6-18)19-9-13-28-14-10-19/h2-10,13-14,17,20,24H,11-12,15-16H2,1H3,(H,29,31). The summed E-state index contributed by atoms with van der Waals surface area (Å²) in [6.07, 6.45) is 4.65. The van der Waals surface area contributed by atoms with E-state index in [0.29, 0.717) is 42.3 Å². The number of pyridine rings is 1. The molecule has 1 aliphatic rings. The molecule has 1 saturated heterocycles. The Balaban J connectivity index is 1.43. The van der Waals surface area contributed by atoms with Gasteiger partial charge in [0.25, 0.3) is 5.91 Å². The van der Waals surface area contributed by atoms with E-state index in [1.807, 2.05) is 42.5 Å². The van der Waals surface area contributed by atoms with Gasteiger partial charge in [-0.25, -0.2) is 0 Å². The SMILES string of the molecule is COc1ccc(Cl)cc1C(=O)N1CCC(C(=O)NC(c2ccccc2)c2ccncc2)CC1. The van der Waals surface area contributed by atoms with Crippen molar-refractivity contribution in [1.82, 2.24) is 15.2 Å². The third-order valence-corrected chi connectivity index (χ3v) is 6.24. The molecule has 4 rings (SSSR count). The second-order valence-electron chi connectivity index (χ2n) is 8.04. The largest absolute Gasteiger partial charge is 0.496 e. The molecule has 1 N–H and O–H groups in total. The maximum absolute atomic E-state index is 13.2. The number of benzene rings is 2. The number of aromatic nitrogens is 1. The fraction of sp³-hybridized carbons (Fsp3) is 0.269. The highest BCUT2D eigenvalue weighted by molar-refractivity contribution is 6.31. The normalized spacial score (nSPS) is 15.0. The molecule has 0 saturated carbocycles. The van der Waals surface area contributed by atoms with Gasteiger partial charge in [-0.3, -0.25) is 14.6 Å². The van der Waals surface area contributed by atoms with Gasteiger partial charge in [-0.1, -0.05) is 41.9 Å². The molecule has 33 heavy (non-hydrogen) atoms. The average Bonchev–Trinajstić information content (AvgIpc) is 2.87. The van der Waals surface area contributed by atoms with E-state index in [1.54, 1.807) is 35.5 Å². The van der Waals surface area contributed by atoms with Crippen LogP contribution in [0.3, 0.4) is 0 Å². The molecule has 170 valence electrons. The summed E-state index contributed by atoms with van der Waals surface area (Å²) >= 11 is 6.09. The maximum Gasteiger partial charge on any atom is 0.257 e. The summed E-state index contributed by atoms with van der Waals surface area (Å²) in [5.41, 5.74) is 2.43. The number of amides is 2. The van der Waals surface area contributed by atoms with Crippen LogP contribution in [0.5, 0.6) is 5.75 Å². The minimum Gasteiger partial charge on any atom is -0.496 e. The number of rotatable bonds is 6. The van der Waals surface area contributed by atoms with Crippen molar-refractivity contribution >= 4 is 23.4 Å². The van der Waals surface area contributed by atoms with Crippen molar-refractivity contribution < 1.29 is 14.3 Å². The highest BCUT2D eigenvalue weighted by Crippen LogP contribution is 2.28. The summed E-state index contributed by atoms with van der Waals surface area (Å²) in [5, 5.41) is 3.70. The molecule has 6 nitrogen and oxygen atoms in total. The van der Waals surface area contributed by atoms with Gasteiger partial charge >= 0.3 is 0 Å². The van der Waals surface area contributed by atoms with Crippen LogP contribution in [0.1, 0.15) is 40.4 Å². The van der Waals surface area contributed by atoms with Crippen molar-refractivity contribution in [3.05, 3.63) is 94.8 Å². The van der Waals surface area contributed by atoms with Gasteiger partial charge in [-0.05, 0) is 54.3 Å². The number of carbonyl (C=O) groups excluding carboxylic acids is 2. The Hall–Kier alpha value is -3.38. The van der Waals surface area contributed by atoms with Crippen LogP contribution in [0.25, 0.3) is 0 Å². The molecule has 0 spiro atoms. The monoisotopic (exact) mass is 463 g/mol. The zero-order valence-corrected chi connectivity index (χ0v) is 19.2. The Morgan fingerprint density at radius 1 is 1.03 bits per heavy atom. The van der Waals surface area contributed by atoms with Gasteiger partial charge in [-0.2, -0.15) is 0 Å². The zero-order valence-electron chi connectivity index (χ0n) is 18.4. The number of piperidine rings is 1. The molecule has 0 radical (unpaired) electrons. The summed E-state index contributed by atoms with van der Waals surface area (Å²) in [7, 11) is 1.53. The van der Waals surface area contributed by atoms with Gasteiger partial charge in [0.15, 0.2) is 0 Å². The molecular weight excluding hydrogens is 438 g/mol. The quantitative estimate of drug-likeness (QED) is 0.584. The predicted octanol–water partition coefficient (Wildman–Crippen LogP) is 4.50. The minimum atomic E-state index is -0.253. The number of nitrogens with zero attached hydrogens (tertiary/aromatic N) is 2. The van der Waals surface area contributed by atoms with Crippen LogP contribution < -0.4 is 10.1 Å². The number of hydrogen-bond acceptors (Lipinski definition) is 4. The third-order valence-electron chi connectivity index (χ3n) is 6.00. The van der Waals surface area contributed by atoms with Crippen molar-refractivity contribution in [2.45, 2.75) is 18.9 Å². The molecule has 2 amide bonds. The van der Waals surface area contributed by atoms with Crippen LogP contribution in [0.4, 0.5) is 0 Å². The molecule has 1 unspecified atom stereocenters. The van der Waals surface area contributed by atoms with Gasteiger partial charge in [0, 0.05) is 36.4 Å². The fourth-order valence-electron chi connectivity index (χ4n) is 4.18. The Morgan fingerprint density at radius 2 is 1.70 bits per heavy atom. The van der Waals surface area contributed by atoms with E-state index in [1.165, 1.54) is 7.11 Å². The van der Waals surface area contributed by atoms with E-state index in [4.69, 9.17) is 16.3 Å². The highest BCUT2D eigenvalue weighted by Gasteiger charge is 2.30. The Labute approximate surface area is 198 Å². The number of nitrogens with one attached hydrogen (secondary N) is 1. The van der Waals surface area contributed by atoms with E-state index in [2.05, 4.69) is 10.3 Å². The smallest absolute Gasteiger partial charge is 0.257 e. The lowest BCUT2D eigenvalue weighted by molar-refractivity contribution is -0.126. The lowest BCUT2D eigenvalue weighted by Crippen LogP contribution is -2.44. The van der Waals surface area contributed by atoms with Crippen molar-refractivity contribution in [1.29, 1.82) is 0 Å². The van der Waals surface area contributed by atoms with Gasteiger partial charge < -0.3 is 15.0 Å². The highest BCUT2D eigenvalue weighted by atomic mass is 35.5. The maximum atomic E-state index is 13.2. The molecule has 1 fully saturated rings. The van der Waals surface area contributed by atoms with Crippen molar-refractivity contribution in [3.63, 3.8) is 0 Å². The van der Waals surface area contributed by atoms with Crippen LogP contribution in [-0.4, -0.2) is 41.9 Å². The van der Waals surface area contributed by atoms with Crippen molar-refractivity contribution in [2.24, 2.45) is 5.92 Å². The Morgan fingerprint density at radius 3 is 2.36 bits per heavy atom. The molecule has 1 aromatic heterocycles. The zero-order chi connectivity index (χ0) is 23.2. The van der Waals surface area contributed by atoms with E-state index < -0.39 is 0 Å². The second-order valence-corrected chi connectivity index (χ2v) is 8.48. The molecule has 0 aliphatic carbocycles. The Kier molecular flexibility index (Phi) is 7.25. The topological polar surface area (TPSA) is 71.5 Å². The van der Waals surface area contributed by atoms with Gasteiger partial charge in [0.2, 0.25) is 5.91 Å². The minimum absolute atomic E-state index is 0.00639. The summed E-state index contributed by atoms with van der Waals surface area (Å²) in [5.74, 6) is 0.191. The molecule has 2 heterocycles. The molecule has 2 aromatic carbocycles. The fourth-order valence-corrected chi connectivity index (χ4v) is 4.36. The van der Waals surface area contributed by atoms with Crippen LogP contribution in [0.15, 0.2) is 73.1 Å². The van der Waals surface area contributed by atoms with Crippen LogP contribution >= 0.6 is 11.6 Å². The lowest BCUT2D eigenvalue weighted by Gasteiger charge is -2.32. The molecule has 1 atom stereocenters. The molecular formula is C26H26ClN3O3. The van der Waals surface area contributed by atoms with Gasteiger partial charge in [0.05, 0.1) is 18.7 Å². The molecule has 7 heteroatoms. The molecule has 3 aromatic rings. The lowest BCUT2D eigenvalue weighted by atomic mass is 9.93. The van der Waals surface area contributed by atoms with Crippen molar-refractivity contribution in [3.8, 4) is 5.75 Å². The molecule has 0 bridgehead atoms. The summed E-state index contributed by atoms with van der Waals surface area (Å²) in [4.78, 5) is 32.1. The first kappa shape index (κ1) is 22.8. The summed E-state index contributed by atoms with van der Waals surface area (Å²) in [6.45, 7) is 0.996. The first-order valence-corrected chi connectivity index (χ1v) is 11.3. The van der Waals surface area contributed by atoms with Crippen LogP contribution in [0, 0.1) is 5.92 Å². The summed E-state index contributed by atoms with van der Waals surface area (Å²) in [6, 6.07) is 18.5. The second kappa shape index (κ2) is 10.5. The number of methoxy groups -OCH3 is 1. The third kappa shape index (κ3) is 5.34. The van der Waals surface area contributed by atoms with E-state index in [-0.39, 0.29) is 23.8 Å².